The number of hydrogen-bond acceptors (Lipinski definition) is 18. The summed E-state index contributed by atoms with van der Waals surface area (Å²) < 4.78 is 0. The van der Waals surface area contributed by atoms with E-state index < -0.39 is 180 Å². The van der Waals surface area contributed by atoms with Crippen molar-refractivity contribution in [1.82, 2.24) is 58.1 Å². The van der Waals surface area contributed by atoms with Crippen LogP contribution in [0.4, 0.5) is 0 Å². The second kappa shape index (κ2) is 48.6. The van der Waals surface area contributed by atoms with Gasteiger partial charge in [0.05, 0.1) is 25.2 Å². The zero-order chi connectivity index (χ0) is 80.7. The van der Waals surface area contributed by atoms with Crippen LogP contribution in [0, 0.1) is 17.8 Å². The maximum Gasteiger partial charge on any atom is 0.326 e. The van der Waals surface area contributed by atoms with Crippen LogP contribution in [0.1, 0.15) is 195 Å². The molecule has 33 nitrogen and oxygen atoms in total. The topological polar surface area (TPSA) is 533 Å². The molecule has 1 saturated heterocycles. The molecule has 1 aliphatic heterocycles. The van der Waals surface area contributed by atoms with Crippen LogP contribution >= 0.6 is 0 Å². The Kier molecular flexibility index (Phi) is 41.7. The zero-order valence-corrected chi connectivity index (χ0v) is 63.4. The molecule has 108 heavy (non-hydrogen) atoms. The minimum atomic E-state index is -1.71. The van der Waals surface area contributed by atoms with E-state index in [1.807, 2.05) is 0 Å². The third-order valence-corrected chi connectivity index (χ3v) is 18.5. The third kappa shape index (κ3) is 34.1. The molecule has 0 aliphatic carbocycles. The highest BCUT2D eigenvalue weighted by atomic mass is 16.4. The summed E-state index contributed by atoms with van der Waals surface area (Å²) in [5.74, 6) is -14.6. The van der Waals surface area contributed by atoms with Crippen molar-refractivity contribution in [3.63, 3.8) is 0 Å². The van der Waals surface area contributed by atoms with Gasteiger partial charge < -0.3 is 95.1 Å². The first-order valence-corrected chi connectivity index (χ1v) is 37.5. The van der Waals surface area contributed by atoms with Crippen molar-refractivity contribution in [2.75, 3.05) is 13.2 Å². The Balaban J connectivity index is 1.46. The van der Waals surface area contributed by atoms with Gasteiger partial charge in [-0.3, -0.25) is 62.3 Å². The maximum atomic E-state index is 14.1. The number of carboxylic acid groups (broad SMARTS) is 2. The van der Waals surface area contributed by atoms with Crippen LogP contribution in [-0.2, 0) is 84.8 Å². The van der Waals surface area contributed by atoms with E-state index in [9.17, 15) is 97.5 Å². The van der Waals surface area contributed by atoms with Gasteiger partial charge in [0.15, 0.2) is 0 Å². The van der Waals surface area contributed by atoms with Crippen molar-refractivity contribution in [2.24, 2.45) is 29.2 Å². The molecule has 2 aromatic rings. The monoisotopic (exact) mass is 1520 g/mol. The van der Waals surface area contributed by atoms with Crippen molar-refractivity contribution < 1.29 is 97.5 Å². The van der Waals surface area contributed by atoms with Gasteiger partial charge in [-0.25, -0.2) is 9.59 Å². The second-order valence-corrected chi connectivity index (χ2v) is 28.8. The Morgan fingerprint density at radius 2 is 0.833 bits per heavy atom. The lowest BCUT2D eigenvalue weighted by Crippen LogP contribution is -2.62. The molecule has 0 bridgehead atoms. The lowest BCUT2D eigenvalue weighted by Gasteiger charge is -2.30. The number of likely N-dealkylation sites (tertiary alicyclic amines) is 1. The number of aliphatic hydroxyl groups excluding tert-OH is 3. The number of aliphatic carboxylic acids is 2. The first kappa shape index (κ1) is 92.6. The van der Waals surface area contributed by atoms with Crippen molar-refractivity contribution in [3.8, 4) is 0 Å². The summed E-state index contributed by atoms with van der Waals surface area (Å²) in [6.45, 7) is 12.2. The molecule has 19 N–H and O–H groups in total. The van der Waals surface area contributed by atoms with Gasteiger partial charge in [-0.2, -0.15) is 0 Å². The van der Waals surface area contributed by atoms with Crippen LogP contribution in [-0.4, -0.2) is 211 Å². The number of hydrogen-bond donors (Lipinski definition) is 17. The highest BCUT2D eigenvalue weighted by Crippen LogP contribution is 2.22. The Labute approximate surface area is 631 Å². The summed E-state index contributed by atoms with van der Waals surface area (Å²) in [7, 11) is 0. The molecule has 33 heteroatoms. The Morgan fingerprint density at radius 3 is 1.25 bits per heavy atom. The van der Waals surface area contributed by atoms with Crippen LogP contribution in [0.3, 0.4) is 0 Å². The van der Waals surface area contributed by atoms with Crippen LogP contribution in [0.25, 0.3) is 0 Å². The largest absolute Gasteiger partial charge is 0.480 e. The fraction of sp³-hybridized carbons (Fsp3) is 0.640. The van der Waals surface area contributed by atoms with Gasteiger partial charge in [0, 0.05) is 38.6 Å². The molecule has 0 aromatic heterocycles. The van der Waals surface area contributed by atoms with E-state index >= 15 is 0 Å². The number of nitrogens with zero attached hydrogens (tertiary/aromatic N) is 1. The predicted molar refractivity (Wildman–Crippen MR) is 396 cm³/mol. The minimum Gasteiger partial charge on any atom is -0.480 e. The standard InChI is InChI=1S/C75H117N13O20/c1-9-45(6)62(71(102)87-64(47(8)91)73(104)82-52(38-44(4)5)67(98)83-54(74(105)106)39-48-27-20-18-21-28-48)85-65(96)50(34-35-58(76)92)79-70(101)57-31-26-36-88(57)61(95)33-25-17-15-13-11-10-12-14-16-24-32-60(94)78-56(42-89)69(100)86-63(46(7)90)72(103)81-51(37-43(2)3)66(97)80-53(41-59(77)93)68(99)84-55(75(107)108)40-49-29-22-19-23-30-49/h18-23,27-30,43-47,50-57,62-64,89-91H,9-17,24-26,31-42H2,1-8H3,(H2,76,92)(H2,77,93)(H,78,94)(H,79,101)(H,80,97)(H,81,103)(H,82,104)(H,83,98)(H,84,99)(H,85,96)(H,86,100)(H,87,102)(H,105,106)(H,107,108)/t45-,46+,47+,50-,51-,52-,53-,54-,55-,56-,57-,62-,63-,64-/m0/s1. The number of carboxylic acids is 2. The fourth-order valence-corrected chi connectivity index (χ4v) is 12.3. The van der Waals surface area contributed by atoms with Crippen molar-refractivity contribution in [3.05, 3.63) is 71.8 Å². The quantitative estimate of drug-likeness (QED) is 0.0393. The van der Waals surface area contributed by atoms with Gasteiger partial charge in [0.1, 0.15) is 66.5 Å². The molecule has 1 heterocycles. The summed E-state index contributed by atoms with van der Waals surface area (Å²) in [6, 6.07) is 1.20. The van der Waals surface area contributed by atoms with Gasteiger partial charge in [-0.1, -0.05) is 160 Å². The van der Waals surface area contributed by atoms with E-state index in [4.69, 9.17) is 11.5 Å². The van der Waals surface area contributed by atoms with Crippen LogP contribution in [0.2, 0.25) is 0 Å². The normalized spacial score (nSPS) is 16.3. The van der Waals surface area contributed by atoms with Gasteiger partial charge in [0.2, 0.25) is 76.8 Å². The van der Waals surface area contributed by atoms with E-state index in [1.165, 1.54) is 18.7 Å². The van der Waals surface area contributed by atoms with E-state index in [1.54, 1.807) is 102 Å². The number of benzene rings is 2. The average Bonchev–Trinajstić information content (AvgIpc) is 1.68. The number of amides is 13. The summed E-state index contributed by atoms with van der Waals surface area (Å²) in [5.41, 5.74) is 12.1. The third-order valence-electron chi connectivity index (χ3n) is 18.5. The van der Waals surface area contributed by atoms with Crippen LogP contribution in [0.15, 0.2) is 60.7 Å². The van der Waals surface area contributed by atoms with Crippen LogP contribution < -0.4 is 64.6 Å². The van der Waals surface area contributed by atoms with Gasteiger partial charge in [0.25, 0.3) is 0 Å². The Bertz CT molecular complexity index is 3290. The molecule has 2 aromatic carbocycles. The number of rotatable bonds is 52. The maximum absolute atomic E-state index is 14.1. The zero-order valence-electron chi connectivity index (χ0n) is 63.4. The highest BCUT2D eigenvalue weighted by Gasteiger charge is 2.40. The van der Waals surface area contributed by atoms with Crippen molar-refractivity contribution in [1.29, 1.82) is 0 Å². The summed E-state index contributed by atoms with van der Waals surface area (Å²) in [6.07, 6.45) is 4.36. The number of carbonyl (C=O) groups excluding carboxylic acids is 13. The molecule has 0 spiro atoms. The fourth-order valence-electron chi connectivity index (χ4n) is 12.3. The molecule has 3 rings (SSSR count). The molecule has 0 saturated carbocycles. The molecular weight excluding hydrogens is 1400 g/mol. The Morgan fingerprint density at radius 1 is 0.444 bits per heavy atom. The van der Waals surface area contributed by atoms with Crippen molar-refractivity contribution >= 4 is 88.7 Å². The number of nitrogens with two attached hydrogens (primary N) is 2. The average molecular weight is 1520 g/mol. The molecule has 602 valence electrons. The molecule has 14 atom stereocenters. The number of primary amides is 2. The number of nitrogens with one attached hydrogen (secondary N) is 10. The van der Waals surface area contributed by atoms with E-state index in [-0.39, 0.29) is 69.1 Å². The molecule has 0 unspecified atom stereocenters. The predicted octanol–water partition coefficient (Wildman–Crippen LogP) is 0.194. The van der Waals surface area contributed by atoms with Gasteiger partial charge in [-0.05, 0) is 87.7 Å². The summed E-state index contributed by atoms with van der Waals surface area (Å²) in [5, 5.41) is 76.1. The summed E-state index contributed by atoms with van der Waals surface area (Å²) in [4.78, 5) is 200. The SMILES string of the molecule is CC[C@H](C)[C@H](NC(=O)[C@H](CCC(N)=O)NC(=O)[C@@H]1CCCN1C(=O)CCCCCCCCCCCCC(=O)N[C@@H](CO)C(=O)N[C@H](C(=O)N[C@@H](CC(C)C)C(=O)N[C@@H](CC(N)=O)C(=O)N[C@@H](Cc1ccccc1)C(=O)O)[C@@H](C)O)C(=O)N[C@H](C(=O)N[C@@H](CC(C)C)C(=O)N[C@@H](Cc1ccccc1)C(=O)O)[C@@H](C)O. The van der Waals surface area contributed by atoms with Crippen LogP contribution in [0.5, 0.6) is 0 Å². The number of aliphatic hydroxyl groups is 3. The van der Waals surface area contributed by atoms with E-state index in [0.717, 1.165) is 44.9 Å². The molecule has 1 aliphatic rings. The smallest absolute Gasteiger partial charge is 0.326 e. The molecule has 13 amide bonds. The number of carbonyl (C=O) groups is 15. The van der Waals surface area contributed by atoms with Gasteiger partial charge in [-0.15, -0.1) is 0 Å². The van der Waals surface area contributed by atoms with E-state index in [2.05, 4.69) is 53.2 Å². The first-order valence-electron chi connectivity index (χ1n) is 37.5. The Hall–Kier alpha value is -9.63. The molecule has 1 fully saturated rings. The second-order valence-electron chi connectivity index (χ2n) is 28.8. The lowest BCUT2D eigenvalue weighted by molar-refractivity contribution is -0.143. The highest BCUT2D eigenvalue weighted by molar-refractivity contribution is 5.99. The lowest BCUT2D eigenvalue weighted by atomic mass is 9.96. The molecular formula is C75H117N13O20. The minimum absolute atomic E-state index is 0.00939. The van der Waals surface area contributed by atoms with Crippen molar-refractivity contribution in [2.45, 2.75) is 275 Å². The van der Waals surface area contributed by atoms with E-state index in [0.29, 0.717) is 56.2 Å². The van der Waals surface area contributed by atoms with Gasteiger partial charge >= 0.3 is 11.9 Å². The number of unbranched alkanes of at least 4 members (excludes halogenated alkanes) is 9. The first-order chi connectivity index (χ1) is 51.1. The summed E-state index contributed by atoms with van der Waals surface area (Å²) >= 11 is 0. The molecule has 0 radical (unpaired) electrons.